The Morgan fingerprint density at radius 2 is 2.09 bits per heavy atom. The van der Waals surface area contributed by atoms with Crippen molar-refractivity contribution in [1.29, 1.82) is 5.26 Å². The summed E-state index contributed by atoms with van der Waals surface area (Å²) in [4.78, 5) is 11.6. The van der Waals surface area contributed by atoms with Crippen molar-refractivity contribution in [3.63, 3.8) is 0 Å². The van der Waals surface area contributed by atoms with E-state index in [2.05, 4.69) is 6.07 Å². The molecule has 0 amide bonds. The van der Waals surface area contributed by atoms with Crippen LogP contribution in [0.3, 0.4) is 0 Å². The molecule has 1 aliphatic heterocycles. The first-order valence-corrected chi connectivity index (χ1v) is 7.66. The van der Waals surface area contributed by atoms with Crippen molar-refractivity contribution in [3.8, 4) is 11.8 Å². The van der Waals surface area contributed by atoms with Gasteiger partial charge in [0.15, 0.2) is 0 Å². The highest BCUT2D eigenvalue weighted by atomic mass is 32.1. The molecule has 0 radical (unpaired) electrons. The third kappa shape index (κ3) is 2.64. The molecule has 2 aromatic rings. The maximum absolute atomic E-state index is 11.4. The van der Waals surface area contributed by atoms with Gasteiger partial charge in [0.1, 0.15) is 17.4 Å². The van der Waals surface area contributed by atoms with E-state index < -0.39 is 17.1 Å². The van der Waals surface area contributed by atoms with Crippen LogP contribution in [0.25, 0.3) is 5.76 Å². The SMILES string of the molecule is COc1ccc(C2=C(C#N)[C@H](c3cccs3)[C@@H]([N+](=O)[O-])O2)cc1. The lowest BCUT2D eigenvalue weighted by Gasteiger charge is -2.10. The summed E-state index contributed by atoms with van der Waals surface area (Å²) in [6.45, 7) is 0. The van der Waals surface area contributed by atoms with Gasteiger partial charge >= 0.3 is 6.23 Å². The normalized spacial score (nSPS) is 20.0. The summed E-state index contributed by atoms with van der Waals surface area (Å²) in [6.07, 6.45) is -1.29. The first-order valence-electron chi connectivity index (χ1n) is 6.78. The Morgan fingerprint density at radius 3 is 2.61 bits per heavy atom. The summed E-state index contributed by atoms with van der Waals surface area (Å²) in [5.74, 6) is 0.230. The molecule has 0 aliphatic carbocycles. The molecule has 1 aliphatic rings. The average molecular weight is 328 g/mol. The molecule has 0 saturated carbocycles. The van der Waals surface area contributed by atoms with Gasteiger partial charge in [-0.1, -0.05) is 6.07 Å². The van der Waals surface area contributed by atoms with E-state index in [1.165, 1.54) is 11.3 Å². The topological polar surface area (TPSA) is 85.4 Å². The lowest BCUT2D eigenvalue weighted by atomic mass is 9.96. The first-order chi connectivity index (χ1) is 11.2. The van der Waals surface area contributed by atoms with Crippen LogP contribution in [-0.2, 0) is 4.74 Å². The van der Waals surface area contributed by atoms with E-state index in [-0.39, 0.29) is 11.3 Å². The van der Waals surface area contributed by atoms with E-state index >= 15 is 0 Å². The maximum atomic E-state index is 11.4. The zero-order chi connectivity index (χ0) is 16.4. The van der Waals surface area contributed by atoms with E-state index in [1.54, 1.807) is 43.5 Å². The molecule has 0 N–H and O–H groups in total. The fourth-order valence-corrected chi connectivity index (χ4v) is 3.39. The average Bonchev–Trinajstić information content (AvgIpc) is 3.21. The molecule has 6 nitrogen and oxygen atoms in total. The van der Waals surface area contributed by atoms with Gasteiger partial charge in [-0.3, -0.25) is 10.1 Å². The van der Waals surface area contributed by atoms with Crippen molar-refractivity contribution in [2.24, 2.45) is 0 Å². The summed E-state index contributed by atoms with van der Waals surface area (Å²) in [5.41, 5.74) is 0.896. The fourth-order valence-electron chi connectivity index (χ4n) is 2.54. The first kappa shape index (κ1) is 15.1. The summed E-state index contributed by atoms with van der Waals surface area (Å²) in [7, 11) is 1.55. The van der Waals surface area contributed by atoms with Crippen LogP contribution in [0.2, 0.25) is 0 Å². The Balaban J connectivity index is 2.08. The molecule has 1 aromatic heterocycles. The van der Waals surface area contributed by atoms with Gasteiger partial charge in [-0.25, -0.2) is 0 Å². The summed E-state index contributed by atoms with van der Waals surface area (Å²) < 4.78 is 10.6. The molecule has 0 unspecified atom stereocenters. The Bertz CT molecular complexity index is 790. The van der Waals surface area contributed by atoms with Crippen LogP contribution in [0.4, 0.5) is 0 Å². The van der Waals surface area contributed by atoms with Gasteiger partial charge in [0, 0.05) is 10.4 Å². The predicted molar refractivity (Wildman–Crippen MR) is 84.5 cm³/mol. The summed E-state index contributed by atoms with van der Waals surface area (Å²) in [6, 6.07) is 12.6. The van der Waals surface area contributed by atoms with Crippen LogP contribution in [0.15, 0.2) is 47.4 Å². The molecule has 1 aromatic carbocycles. The van der Waals surface area contributed by atoms with Crippen molar-refractivity contribution in [3.05, 3.63) is 67.9 Å². The quantitative estimate of drug-likeness (QED) is 0.634. The zero-order valence-electron chi connectivity index (χ0n) is 12.1. The van der Waals surface area contributed by atoms with Crippen LogP contribution in [0, 0.1) is 21.4 Å². The standard InChI is InChI=1S/C16H12N2O4S/c1-21-11-6-4-10(5-7-11)15-12(9-17)14(13-3-2-8-23-13)16(22-15)18(19)20/h2-8,14,16H,1H3/t14-,16+/m1/s1. The zero-order valence-corrected chi connectivity index (χ0v) is 12.9. The van der Waals surface area contributed by atoms with Gasteiger partial charge in [0.05, 0.1) is 23.7 Å². The number of nitrogens with zero attached hydrogens (tertiary/aromatic N) is 2. The maximum Gasteiger partial charge on any atom is 0.366 e. The highest BCUT2D eigenvalue weighted by Gasteiger charge is 2.47. The number of hydrogen-bond acceptors (Lipinski definition) is 6. The molecule has 0 fully saturated rings. The molecule has 116 valence electrons. The third-order valence-corrected chi connectivity index (χ3v) is 4.56. The van der Waals surface area contributed by atoms with Crippen molar-refractivity contribution in [2.75, 3.05) is 7.11 Å². The largest absolute Gasteiger partial charge is 0.497 e. The second kappa shape index (κ2) is 6.10. The Kier molecular flexibility index (Phi) is 4.00. The minimum Gasteiger partial charge on any atom is -0.497 e. The smallest absolute Gasteiger partial charge is 0.366 e. The van der Waals surface area contributed by atoms with E-state index in [4.69, 9.17) is 9.47 Å². The Morgan fingerprint density at radius 1 is 1.35 bits per heavy atom. The number of nitriles is 1. The second-order valence-electron chi connectivity index (χ2n) is 4.87. The van der Waals surface area contributed by atoms with Gasteiger partial charge in [-0.2, -0.15) is 5.26 Å². The van der Waals surface area contributed by atoms with Crippen LogP contribution < -0.4 is 4.74 Å². The monoisotopic (exact) mass is 328 g/mol. The van der Waals surface area contributed by atoms with E-state index in [0.29, 0.717) is 11.3 Å². The molecule has 0 saturated heterocycles. The highest BCUT2D eigenvalue weighted by molar-refractivity contribution is 7.10. The van der Waals surface area contributed by atoms with E-state index in [1.807, 2.05) is 5.38 Å². The molecular formula is C16H12N2O4S. The fraction of sp³-hybridized carbons (Fsp3) is 0.188. The van der Waals surface area contributed by atoms with Crippen LogP contribution in [-0.4, -0.2) is 18.3 Å². The van der Waals surface area contributed by atoms with Gasteiger partial charge < -0.3 is 9.47 Å². The van der Waals surface area contributed by atoms with Crippen molar-refractivity contribution < 1.29 is 14.4 Å². The predicted octanol–water partition coefficient (Wildman–Crippen LogP) is 3.41. The summed E-state index contributed by atoms with van der Waals surface area (Å²) in [5, 5.41) is 22.7. The number of nitro groups is 1. The van der Waals surface area contributed by atoms with Gasteiger partial charge in [-0.05, 0) is 35.7 Å². The molecule has 0 spiro atoms. The Hall–Kier alpha value is -2.85. The van der Waals surface area contributed by atoms with E-state index in [9.17, 15) is 15.4 Å². The lowest BCUT2D eigenvalue weighted by molar-refractivity contribution is -0.567. The number of rotatable bonds is 4. The molecule has 3 rings (SSSR count). The number of ether oxygens (including phenoxy) is 2. The van der Waals surface area contributed by atoms with Gasteiger partial charge in [0.2, 0.25) is 0 Å². The number of methoxy groups -OCH3 is 1. The minimum atomic E-state index is -1.29. The molecule has 2 heterocycles. The van der Waals surface area contributed by atoms with Crippen LogP contribution >= 0.6 is 11.3 Å². The van der Waals surface area contributed by atoms with Crippen molar-refractivity contribution in [1.82, 2.24) is 0 Å². The van der Waals surface area contributed by atoms with E-state index in [0.717, 1.165) is 4.88 Å². The van der Waals surface area contributed by atoms with Crippen molar-refractivity contribution in [2.45, 2.75) is 12.1 Å². The second-order valence-corrected chi connectivity index (χ2v) is 5.85. The molecule has 2 atom stereocenters. The van der Waals surface area contributed by atoms with Gasteiger partial charge in [0.25, 0.3) is 0 Å². The number of hydrogen-bond donors (Lipinski definition) is 0. The molecule has 23 heavy (non-hydrogen) atoms. The number of benzene rings is 1. The van der Waals surface area contributed by atoms with Crippen molar-refractivity contribution >= 4 is 17.1 Å². The van der Waals surface area contributed by atoms with Gasteiger partial charge in [-0.15, -0.1) is 11.3 Å². The summed E-state index contributed by atoms with van der Waals surface area (Å²) >= 11 is 1.37. The molecule has 0 bridgehead atoms. The number of thiophene rings is 1. The molecule has 7 heteroatoms. The Labute approximate surface area is 136 Å². The van der Waals surface area contributed by atoms with Crippen LogP contribution in [0.5, 0.6) is 5.75 Å². The third-order valence-electron chi connectivity index (χ3n) is 3.61. The highest BCUT2D eigenvalue weighted by Crippen LogP contribution is 2.44. The molecular weight excluding hydrogens is 316 g/mol. The lowest BCUT2D eigenvalue weighted by Crippen LogP contribution is -2.25. The van der Waals surface area contributed by atoms with Crippen LogP contribution in [0.1, 0.15) is 16.4 Å². The minimum absolute atomic E-state index is 0.259.